The molecule has 0 saturated carbocycles. The predicted molar refractivity (Wildman–Crippen MR) is 62.4 cm³/mol. The molecule has 2 N–H and O–H groups in total. The van der Waals surface area contributed by atoms with Gasteiger partial charge in [-0.1, -0.05) is 30.3 Å². The van der Waals surface area contributed by atoms with Gasteiger partial charge < -0.3 is 19.7 Å². The van der Waals surface area contributed by atoms with Crippen molar-refractivity contribution in [2.45, 2.75) is 37.9 Å². The van der Waals surface area contributed by atoms with Crippen LogP contribution in [0.5, 0.6) is 0 Å². The van der Waals surface area contributed by atoms with Crippen molar-refractivity contribution in [2.24, 2.45) is 0 Å². The van der Waals surface area contributed by atoms with E-state index in [2.05, 4.69) is 0 Å². The van der Waals surface area contributed by atoms with E-state index < -0.39 is 12.2 Å². The molecule has 0 radical (unpaired) electrons. The predicted octanol–water partition coefficient (Wildman–Crippen LogP) is 0.712. The standard InChI is InChI=1S/C13H18O4/c1-9-13(12(15)11(7-14)17-9)16-8-10-5-3-2-4-6-10/h2-6,9,11-15H,7-8H2,1H3/t9-,11-,12-,13-/m1/s1. The van der Waals surface area contributed by atoms with Crippen LogP contribution in [0.2, 0.25) is 0 Å². The molecule has 1 aliphatic rings. The first kappa shape index (κ1) is 12.5. The first-order chi connectivity index (χ1) is 8.22. The van der Waals surface area contributed by atoms with Crippen LogP contribution in [-0.2, 0) is 16.1 Å². The van der Waals surface area contributed by atoms with Crippen molar-refractivity contribution in [3.63, 3.8) is 0 Å². The lowest BCUT2D eigenvalue weighted by molar-refractivity contribution is -0.0414. The van der Waals surface area contributed by atoms with Crippen molar-refractivity contribution in [3.05, 3.63) is 35.9 Å². The van der Waals surface area contributed by atoms with Crippen LogP contribution in [-0.4, -0.2) is 41.2 Å². The minimum absolute atomic E-state index is 0.184. The maximum atomic E-state index is 9.89. The molecule has 2 rings (SSSR count). The van der Waals surface area contributed by atoms with Crippen LogP contribution >= 0.6 is 0 Å². The zero-order chi connectivity index (χ0) is 12.3. The lowest BCUT2D eigenvalue weighted by atomic mass is 10.1. The van der Waals surface area contributed by atoms with E-state index in [9.17, 15) is 5.11 Å². The molecule has 4 nitrogen and oxygen atoms in total. The van der Waals surface area contributed by atoms with Crippen molar-refractivity contribution >= 4 is 0 Å². The molecule has 1 aromatic rings. The smallest absolute Gasteiger partial charge is 0.112 e. The van der Waals surface area contributed by atoms with Gasteiger partial charge in [0.15, 0.2) is 0 Å². The summed E-state index contributed by atoms with van der Waals surface area (Å²) in [5.74, 6) is 0. The molecule has 0 bridgehead atoms. The van der Waals surface area contributed by atoms with Crippen LogP contribution in [0.3, 0.4) is 0 Å². The molecule has 1 fully saturated rings. The van der Waals surface area contributed by atoms with Crippen LogP contribution in [0, 0.1) is 0 Å². The molecule has 1 aliphatic heterocycles. The fourth-order valence-electron chi connectivity index (χ4n) is 2.07. The summed E-state index contributed by atoms with van der Waals surface area (Å²) in [4.78, 5) is 0. The third kappa shape index (κ3) is 2.84. The number of aliphatic hydroxyl groups is 2. The second kappa shape index (κ2) is 5.60. The van der Waals surface area contributed by atoms with Gasteiger partial charge in [0, 0.05) is 0 Å². The second-order valence-corrected chi connectivity index (χ2v) is 4.31. The number of ether oxygens (including phenoxy) is 2. The van der Waals surface area contributed by atoms with E-state index >= 15 is 0 Å². The SMILES string of the molecule is C[C@H]1O[C@H](CO)[C@@H](O)[C@@H]1OCc1ccccc1. The van der Waals surface area contributed by atoms with Crippen LogP contribution in [0.1, 0.15) is 12.5 Å². The topological polar surface area (TPSA) is 58.9 Å². The van der Waals surface area contributed by atoms with E-state index in [-0.39, 0.29) is 18.8 Å². The van der Waals surface area contributed by atoms with Gasteiger partial charge in [-0.05, 0) is 12.5 Å². The van der Waals surface area contributed by atoms with Gasteiger partial charge >= 0.3 is 0 Å². The number of rotatable bonds is 4. The zero-order valence-corrected chi connectivity index (χ0v) is 9.82. The summed E-state index contributed by atoms with van der Waals surface area (Å²) in [6, 6.07) is 9.77. The fraction of sp³-hybridized carbons (Fsp3) is 0.538. The van der Waals surface area contributed by atoms with E-state index in [1.165, 1.54) is 0 Å². The Labute approximate surface area is 101 Å². The number of hydrogen-bond acceptors (Lipinski definition) is 4. The summed E-state index contributed by atoms with van der Waals surface area (Å²) in [7, 11) is 0. The Bertz CT molecular complexity index is 341. The Morgan fingerprint density at radius 3 is 2.59 bits per heavy atom. The molecular formula is C13H18O4. The van der Waals surface area contributed by atoms with Crippen LogP contribution in [0.15, 0.2) is 30.3 Å². The number of aliphatic hydroxyl groups excluding tert-OH is 2. The first-order valence-corrected chi connectivity index (χ1v) is 5.82. The molecule has 1 heterocycles. The maximum absolute atomic E-state index is 9.89. The van der Waals surface area contributed by atoms with Gasteiger partial charge in [-0.15, -0.1) is 0 Å². The molecule has 4 atom stereocenters. The van der Waals surface area contributed by atoms with Crippen molar-refractivity contribution in [1.82, 2.24) is 0 Å². The molecule has 94 valence electrons. The van der Waals surface area contributed by atoms with Gasteiger partial charge in [-0.25, -0.2) is 0 Å². The minimum atomic E-state index is -0.765. The Morgan fingerprint density at radius 1 is 1.29 bits per heavy atom. The van der Waals surface area contributed by atoms with Gasteiger partial charge in [0.2, 0.25) is 0 Å². The fourth-order valence-corrected chi connectivity index (χ4v) is 2.07. The average Bonchev–Trinajstić information content (AvgIpc) is 2.63. The quantitative estimate of drug-likeness (QED) is 0.811. The van der Waals surface area contributed by atoms with Gasteiger partial charge in [0.1, 0.15) is 18.3 Å². The van der Waals surface area contributed by atoms with E-state index in [4.69, 9.17) is 14.6 Å². The number of hydrogen-bond donors (Lipinski definition) is 2. The lowest BCUT2D eigenvalue weighted by Gasteiger charge is -2.18. The summed E-state index contributed by atoms with van der Waals surface area (Å²) < 4.78 is 11.1. The molecule has 0 unspecified atom stereocenters. The second-order valence-electron chi connectivity index (χ2n) is 4.31. The molecule has 4 heteroatoms. The average molecular weight is 238 g/mol. The first-order valence-electron chi connectivity index (χ1n) is 5.82. The van der Waals surface area contributed by atoms with Crippen LogP contribution in [0.4, 0.5) is 0 Å². The van der Waals surface area contributed by atoms with Crippen molar-refractivity contribution in [2.75, 3.05) is 6.61 Å². The Balaban J connectivity index is 1.91. The zero-order valence-electron chi connectivity index (χ0n) is 9.82. The highest BCUT2D eigenvalue weighted by molar-refractivity contribution is 5.13. The molecule has 0 aromatic heterocycles. The molecular weight excluding hydrogens is 220 g/mol. The molecule has 0 spiro atoms. The van der Waals surface area contributed by atoms with Gasteiger partial charge in [0.05, 0.1) is 19.3 Å². The summed E-state index contributed by atoms with van der Waals surface area (Å²) in [6.45, 7) is 2.10. The summed E-state index contributed by atoms with van der Waals surface area (Å²) in [5, 5.41) is 18.9. The summed E-state index contributed by atoms with van der Waals surface area (Å²) in [5.41, 5.74) is 1.05. The molecule has 0 aliphatic carbocycles. The third-order valence-electron chi connectivity index (χ3n) is 3.03. The normalized spacial score (nSPS) is 32.9. The van der Waals surface area contributed by atoms with Gasteiger partial charge in [0.25, 0.3) is 0 Å². The van der Waals surface area contributed by atoms with E-state index in [0.29, 0.717) is 6.61 Å². The van der Waals surface area contributed by atoms with Crippen LogP contribution in [0.25, 0.3) is 0 Å². The van der Waals surface area contributed by atoms with E-state index in [0.717, 1.165) is 5.56 Å². The lowest BCUT2D eigenvalue weighted by Crippen LogP contribution is -2.35. The highest BCUT2D eigenvalue weighted by atomic mass is 16.6. The van der Waals surface area contributed by atoms with Crippen LogP contribution < -0.4 is 0 Å². The van der Waals surface area contributed by atoms with Gasteiger partial charge in [-0.3, -0.25) is 0 Å². The molecule has 1 saturated heterocycles. The van der Waals surface area contributed by atoms with Gasteiger partial charge in [-0.2, -0.15) is 0 Å². The highest BCUT2D eigenvalue weighted by Crippen LogP contribution is 2.24. The monoisotopic (exact) mass is 238 g/mol. The van der Waals surface area contributed by atoms with Crippen molar-refractivity contribution < 1.29 is 19.7 Å². The Kier molecular flexibility index (Phi) is 4.12. The van der Waals surface area contributed by atoms with E-state index in [1.54, 1.807) is 0 Å². The summed E-state index contributed by atoms with van der Waals surface area (Å²) >= 11 is 0. The molecule has 1 aromatic carbocycles. The van der Waals surface area contributed by atoms with Crippen molar-refractivity contribution in [3.8, 4) is 0 Å². The maximum Gasteiger partial charge on any atom is 0.112 e. The Morgan fingerprint density at radius 2 is 2.00 bits per heavy atom. The highest BCUT2D eigenvalue weighted by Gasteiger charge is 2.41. The molecule has 17 heavy (non-hydrogen) atoms. The minimum Gasteiger partial charge on any atom is -0.394 e. The Hall–Kier alpha value is -0.940. The summed E-state index contributed by atoms with van der Waals surface area (Å²) in [6.07, 6.45) is -1.89. The number of benzene rings is 1. The van der Waals surface area contributed by atoms with Crippen molar-refractivity contribution in [1.29, 1.82) is 0 Å². The molecule has 0 amide bonds. The van der Waals surface area contributed by atoms with E-state index in [1.807, 2.05) is 37.3 Å². The largest absolute Gasteiger partial charge is 0.394 e. The third-order valence-corrected chi connectivity index (χ3v) is 3.03.